The first kappa shape index (κ1) is 20.4. The molecular weight excluding hydrogens is 376 g/mol. The fourth-order valence-corrected chi connectivity index (χ4v) is 3.66. The van der Waals surface area contributed by atoms with Crippen molar-refractivity contribution in [3.63, 3.8) is 0 Å². The molecule has 0 unspecified atom stereocenters. The lowest BCUT2D eigenvalue weighted by molar-refractivity contribution is -0.114. The fourth-order valence-electron chi connectivity index (χ4n) is 2.35. The van der Waals surface area contributed by atoms with Gasteiger partial charge < -0.3 is 10.1 Å². The van der Waals surface area contributed by atoms with Gasteiger partial charge in [-0.05, 0) is 48.9 Å². The molecule has 1 amide bonds. The van der Waals surface area contributed by atoms with Gasteiger partial charge in [-0.3, -0.25) is 4.79 Å². The van der Waals surface area contributed by atoms with Crippen LogP contribution in [0.3, 0.4) is 0 Å². The Morgan fingerprint density at radius 2 is 1.85 bits per heavy atom. The monoisotopic (exact) mass is 396 g/mol. The number of amides is 1. The molecule has 6 nitrogen and oxygen atoms in total. The SMILES string of the molecule is CO[C@](C)(CNS(=O)(=O)c1ccc(NC(C)=O)cc1)c1cccc(Cl)c1. The molecule has 0 radical (unpaired) electrons. The number of sulfonamides is 1. The molecule has 2 N–H and O–H groups in total. The maximum Gasteiger partial charge on any atom is 0.240 e. The highest BCUT2D eigenvalue weighted by Crippen LogP contribution is 2.27. The molecule has 26 heavy (non-hydrogen) atoms. The summed E-state index contributed by atoms with van der Waals surface area (Å²) >= 11 is 6.02. The summed E-state index contributed by atoms with van der Waals surface area (Å²) in [6.07, 6.45) is 0. The van der Waals surface area contributed by atoms with Gasteiger partial charge in [0.05, 0.1) is 4.90 Å². The number of nitrogens with one attached hydrogen (secondary N) is 2. The van der Waals surface area contributed by atoms with Crippen molar-refractivity contribution < 1.29 is 17.9 Å². The normalized spacial score (nSPS) is 13.8. The predicted octanol–water partition coefficient (Wildman–Crippen LogP) is 3.14. The largest absolute Gasteiger partial charge is 0.372 e. The maximum absolute atomic E-state index is 12.5. The van der Waals surface area contributed by atoms with E-state index in [4.69, 9.17) is 16.3 Å². The zero-order valence-corrected chi connectivity index (χ0v) is 16.3. The molecule has 0 spiro atoms. The molecule has 0 saturated heterocycles. The van der Waals surface area contributed by atoms with Crippen LogP contribution >= 0.6 is 11.6 Å². The summed E-state index contributed by atoms with van der Waals surface area (Å²) in [6, 6.07) is 13.0. The Hall–Kier alpha value is -1.93. The third-order valence-corrected chi connectivity index (χ3v) is 5.62. The first-order valence-electron chi connectivity index (χ1n) is 7.85. The summed E-state index contributed by atoms with van der Waals surface area (Å²) in [7, 11) is -2.23. The van der Waals surface area contributed by atoms with E-state index in [0.29, 0.717) is 10.7 Å². The first-order valence-corrected chi connectivity index (χ1v) is 9.71. The summed E-state index contributed by atoms with van der Waals surface area (Å²) in [6.45, 7) is 3.19. The average molecular weight is 397 g/mol. The van der Waals surface area contributed by atoms with E-state index in [0.717, 1.165) is 5.56 Å². The van der Waals surface area contributed by atoms with E-state index < -0.39 is 15.6 Å². The molecule has 0 fully saturated rings. The van der Waals surface area contributed by atoms with Crippen molar-refractivity contribution in [1.29, 1.82) is 0 Å². The van der Waals surface area contributed by atoms with Crippen molar-refractivity contribution in [2.75, 3.05) is 19.0 Å². The van der Waals surface area contributed by atoms with Gasteiger partial charge in [0.1, 0.15) is 5.60 Å². The Morgan fingerprint density at radius 3 is 2.38 bits per heavy atom. The number of halogens is 1. The van der Waals surface area contributed by atoms with E-state index in [9.17, 15) is 13.2 Å². The quantitative estimate of drug-likeness (QED) is 0.753. The van der Waals surface area contributed by atoms with Crippen LogP contribution in [0.25, 0.3) is 0 Å². The van der Waals surface area contributed by atoms with Crippen LogP contribution in [0.2, 0.25) is 5.02 Å². The Balaban J connectivity index is 2.16. The molecule has 0 aliphatic rings. The molecule has 0 aromatic heterocycles. The van der Waals surface area contributed by atoms with E-state index in [1.54, 1.807) is 25.1 Å². The second-order valence-electron chi connectivity index (χ2n) is 5.98. The highest BCUT2D eigenvalue weighted by Gasteiger charge is 2.29. The summed E-state index contributed by atoms with van der Waals surface area (Å²) < 4.78 is 33.2. The second kappa shape index (κ2) is 8.18. The number of hydrogen-bond acceptors (Lipinski definition) is 4. The molecule has 0 bridgehead atoms. The lowest BCUT2D eigenvalue weighted by Gasteiger charge is -2.29. The van der Waals surface area contributed by atoms with Crippen LogP contribution in [0.5, 0.6) is 0 Å². The van der Waals surface area contributed by atoms with Gasteiger partial charge >= 0.3 is 0 Å². The molecule has 0 heterocycles. The number of hydrogen-bond donors (Lipinski definition) is 2. The number of rotatable bonds is 7. The van der Waals surface area contributed by atoms with E-state index in [-0.39, 0.29) is 17.3 Å². The summed E-state index contributed by atoms with van der Waals surface area (Å²) in [5.41, 5.74) is 0.405. The van der Waals surface area contributed by atoms with Crippen LogP contribution in [0.15, 0.2) is 53.4 Å². The molecule has 2 rings (SSSR count). The molecule has 1 atom stereocenters. The van der Waals surface area contributed by atoms with Crippen LogP contribution < -0.4 is 10.0 Å². The topological polar surface area (TPSA) is 84.5 Å². The van der Waals surface area contributed by atoms with Crippen molar-refractivity contribution in [1.82, 2.24) is 4.72 Å². The van der Waals surface area contributed by atoms with Crippen LogP contribution in [0.4, 0.5) is 5.69 Å². The van der Waals surface area contributed by atoms with Crippen LogP contribution in [-0.2, 0) is 25.2 Å². The molecule has 8 heteroatoms. The zero-order valence-electron chi connectivity index (χ0n) is 14.7. The number of methoxy groups -OCH3 is 1. The van der Waals surface area contributed by atoms with Gasteiger partial charge in [-0.15, -0.1) is 0 Å². The molecule has 140 valence electrons. The summed E-state index contributed by atoms with van der Waals surface area (Å²) in [5, 5.41) is 3.13. The van der Waals surface area contributed by atoms with Crippen molar-refractivity contribution >= 4 is 33.2 Å². The zero-order chi connectivity index (χ0) is 19.4. The minimum atomic E-state index is -3.74. The number of benzene rings is 2. The van der Waals surface area contributed by atoms with Gasteiger partial charge in [-0.1, -0.05) is 23.7 Å². The Kier molecular flexibility index (Phi) is 6.41. The van der Waals surface area contributed by atoms with Crippen LogP contribution in [-0.4, -0.2) is 28.0 Å². The fraction of sp³-hybridized carbons (Fsp3) is 0.278. The van der Waals surface area contributed by atoms with Crippen LogP contribution in [0.1, 0.15) is 19.4 Å². The molecule has 0 saturated carbocycles. The minimum absolute atomic E-state index is 0.0274. The van der Waals surface area contributed by atoms with Gasteiger partial charge in [0.2, 0.25) is 15.9 Å². The minimum Gasteiger partial charge on any atom is -0.372 e. The van der Waals surface area contributed by atoms with Crippen molar-refractivity contribution in [2.24, 2.45) is 0 Å². The van der Waals surface area contributed by atoms with Crippen LogP contribution in [0, 0.1) is 0 Å². The number of ether oxygens (including phenoxy) is 1. The molecular formula is C18H21ClN2O4S. The molecule has 2 aromatic carbocycles. The molecule has 0 aliphatic heterocycles. The van der Waals surface area contributed by atoms with Crippen molar-refractivity contribution in [3.05, 3.63) is 59.1 Å². The number of carbonyl (C=O) groups excluding carboxylic acids is 1. The van der Waals surface area contributed by atoms with E-state index in [1.807, 2.05) is 6.07 Å². The standard InChI is InChI=1S/C18H21ClN2O4S/c1-13(22)21-16-7-9-17(10-8-16)26(23,24)20-12-18(2,25-3)14-5-4-6-15(19)11-14/h4-11,20H,12H2,1-3H3,(H,21,22)/t18-/m1/s1. The third-order valence-electron chi connectivity index (χ3n) is 3.97. The lowest BCUT2D eigenvalue weighted by Crippen LogP contribution is -2.40. The highest BCUT2D eigenvalue weighted by atomic mass is 35.5. The van der Waals surface area contributed by atoms with Crippen molar-refractivity contribution in [3.8, 4) is 0 Å². The smallest absolute Gasteiger partial charge is 0.240 e. The molecule has 0 aliphatic carbocycles. The Labute approximate surface area is 158 Å². The lowest BCUT2D eigenvalue weighted by atomic mass is 9.96. The second-order valence-corrected chi connectivity index (χ2v) is 8.18. The Morgan fingerprint density at radius 1 is 1.19 bits per heavy atom. The van der Waals surface area contributed by atoms with Crippen molar-refractivity contribution in [2.45, 2.75) is 24.3 Å². The first-order chi connectivity index (χ1) is 12.2. The summed E-state index contributed by atoms with van der Waals surface area (Å²) in [5.74, 6) is -0.226. The predicted molar refractivity (Wildman–Crippen MR) is 102 cm³/mol. The number of carbonyl (C=O) groups is 1. The third kappa shape index (κ3) is 5.04. The number of anilines is 1. The maximum atomic E-state index is 12.5. The molecule has 2 aromatic rings. The Bertz CT molecular complexity index is 884. The highest BCUT2D eigenvalue weighted by molar-refractivity contribution is 7.89. The van der Waals surface area contributed by atoms with Gasteiger partial charge in [-0.25, -0.2) is 13.1 Å². The van der Waals surface area contributed by atoms with Gasteiger partial charge in [0.15, 0.2) is 0 Å². The van der Waals surface area contributed by atoms with E-state index >= 15 is 0 Å². The van der Waals surface area contributed by atoms with Gasteiger partial charge in [-0.2, -0.15) is 0 Å². The average Bonchev–Trinajstić information content (AvgIpc) is 2.60. The van der Waals surface area contributed by atoms with E-state index in [1.165, 1.54) is 38.3 Å². The van der Waals surface area contributed by atoms with E-state index in [2.05, 4.69) is 10.0 Å². The van der Waals surface area contributed by atoms with Gasteiger partial charge in [0.25, 0.3) is 0 Å². The van der Waals surface area contributed by atoms with Gasteiger partial charge in [0, 0.05) is 31.3 Å². The summed E-state index contributed by atoms with van der Waals surface area (Å²) in [4.78, 5) is 11.1.